The number of fused-ring (bicyclic) bond motifs is 1. The van der Waals surface area contributed by atoms with Crippen LogP contribution in [0.2, 0.25) is 0 Å². The molecule has 3 rings (SSSR count). The maximum absolute atomic E-state index is 14.3. The van der Waals surface area contributed by atoms with Crippen LogP contribution in [0.1, 0.15) is 98.5 Å². The molecule has 1 fully saturated rings. The quantitative estimate of drug-likeness (QED) is 0.437. The summed E-state index contributed by atoms with van der Waals surface area (Å²) in [5.74, 6) is -1.44. The molecule has 7 heteroatoms. The van der Waals surface area contributed by atoms with E-state index in [-0.39, 0.29) is 23.1 Å². The third kappa shape index (κ3) is 5.50. The van der Waals surface area contributed by atoms with Gasteiger partial charge >= 0.3 is 0 Å². The topological polar surface area (TPSA) is 114 Å². The molecule has 1 heterocycles. The molecule has 0 aromatic heterocycles. The molecule has 2 unspecified atom stereocenters. The molecule has 4 N–H and O–H groups in total. The highest BCUT2D eigenvalue weighted by Crippen LogP contribution is 2.47. The Morgan fingerprint density at radius 1 is 1.17 bits per heavy atom. The van der Waals surface area contributed by atoms with Crippen LogP contribution in [0.4, 0.5) is 5.69 Å². The molecule has 0 spiro atoms. The van der Waals surface area contributed by atoms with Crippen molar-refractivity contribution in [2.24, 2.45) is 33.4 Å². The summed E-state index contributed by atoms with van der Waals surface area (Å²) in [5, 5.41) is 6.20. The largest absolute Gasteiger partial charge is 0.369 e. The molecule has 1 aromatic rings. The first kappa shape index (κ1) is 27.9. The van der Waals surface area contributed by atoms with Crippen LogP contribution in [-0.2, 0) is 14.4 Å². The van der Waals surface area contributed by atoms with Crippen LogP contribution >= 0.6 is 0 Å². The van der Waals surface area contributed by atoms with Gasteiger partial charge in [-0.3, -0.25) is 19.4 Å². The van der Waals surface area contributed by atoms with Crippen LogP contribution in [0, 0.1) is 22.7 Å². The van der Waals surface area contributed by atoms with E-state index in [0.717, 1.165) is 30.5 Å². The van der Waals surface area contributed by atoms with E-state index in [1.807, 2.05) is 38.1 Å². The standard InChI is InChI=1S/C29H44N4O3/c1-7-8-17-29(26(36)31-22-14-10-9-13-20(22)23(32-29)27(4,5)6)33-25(35)28(15-11-12-16-28)21(24(30)34)18-19(2)3/h9-10,13-14,19,21H,7-8,11-12,15-18H2,1-6H3,(H2,30,34)(H,31,36)(H,33,35). The molecular formula is C29H44N4O3. The van der Waals surface area contributed by atoms with Gasteiger partial charge in [0.15, 0.2) is 0 Å². The van der Waals surface area contributed by atoms with E-state index in [0.29, 0.717) is 37.8 Å². The number of carbonyl (C=O) groups excluding carboxylic acids is 3. The van der Waals surface area contributed by atoms with Crippen LogP contribution < -0.4 is 16.4 Å². The second-order valence-electron chi connectivity index (χ2n) is 12.1. The molecule has 3 amide bonds. The van der Waals surface area contributed by atoms with Crippen LogP contribution in [0.5, 0.6) is 0 Å². The molecule has 2 atom stereocenters. The summed E-state index contributed by atoms with van der Waals surface area (Å²) in [6, 6.07) is 7.65. The van der Waals surface area contributed by atoms with Crippen molar-refractivity contribution in [1.82, 2.24) is 5.32 Å². The Morgan fingerprint density at radius 2 is 1.81 bits per heavy atom. The summed E-state index contributed by atoms with van der Waals surface area (Å²) in [4.78, 5) is 45.9. The number of hydrogen-bond donors (Lipinski definition) is 3. The number of nitrogens with one attached hydrogen (secondary N) is 2. The summed E-state index contributed by atoms with van der Waals surface area (Å²) >= 11 is 0. The van der Waals surface area contributed by atoms with Gasteiger partial charge in [-0.25, -0.2) is 0 Å². The van der Waals surface area contributed by atoms with E-state index in [2.05, 4.69) is 38.3 Å². The number of unbranched alkanes of at least 4 members (excludes halogenated alkanes) is 1. The molecule has 7 nitrogen and oxygen atoms in total. The molecule has 2 aliphatic rings. The lowest BCUT2D eigenvalue weighted by Gasteiger charge is -2.39. The monoisotopic (exact) mass is 496 g/mol. The summed E-state index contributed by atoms with van der Waals surface area (Å²) in [6.45, 7) is 12.3. The second kappa shape index (κ2) is 10.7. The lowest BCUT2D eigenvalue weighted by molar-refractivity contribution is -0.145. The Labute approximate surface area is 216 Å². The number of rotatable bonds is 9. The van der Waals surface area contributed by atoms with E-state index in [1.165, 1.54) is 0 Å². The molecule has 36 heavy (non-hydrogen) atoms. The molecule has 0 bridgehead atoms. The van der Waals surface area contributed by atoms with E-state index in [4.69, 9.17) is 10.7 Å². The number of amides is 3. The Bertz CT molecular complexity index is 1020. The number of nitrogens with zero attached hydrogens (tertiary/aromatic N) is 1. The van der Waals surface area contributed by atoms with Gasteiger partial charge in [0.2, 0.25) is 17.5 Å². The number of benzene rings is 1. The van der Waals surface area contributed by atoms with Gasteiger partial charge < -0.3 is 16.4 Å². The lowest BCUT2D eigenvalue weighted by Crippen LogP contribution is -2.60. The fraction of sp³-hybridized carbons (Fsp3) is 0.655. The molecule has 0 radical (unpaired) electrons. The van der Waals surface area contributed by atoms with Crippen LogP contribution in [0.15, 0.2) is 29.3 Å². The number of carbonyl (C=O) groups is 3. The molecule has 198 valence electrons. The van der Waals surface area contributed by atoms with Gasteiger partial charge in [-0.05, 0) is 37.7 Å². The summed E-state index contributed by atoms with van der Waals surface area (Å²) in [6.07, 6.45) is 5.34. The molecule has 0 saturated heterocycles. The van der Waals surface area contributed by atoms with Crippen LogP contribution in [0.3, 0.4) is 0 Å². The number of benzodiazepines with no additional fused rings is 1. The predicted octanol–water partition coefficient (Wildman–Crippen LogP) is 5.18. The number of aliphatic imine (C=N–C) groups is 1. The molecule has 1 aromatic carbocycles. The average molecular weight is 497 g/mol. The van der Waals surface area contributed by atoms with Crippen molar-refractivity contribution in [3.8, 4) is 0 Å². The fourth-order valence-electron chi connectivity index (χ4n) is 5.78. The van der Waals surface area contributed by atoms with Crippen molar-refractivity contribution in [2.45, 2.75) is 98.6 Å². The van der Waals surface area contributed by atoms with E-state index < -0.39 is 22.9 Å². The maximum atomic E-state index is 14.3. The predicted molar refractivity (Wildman–Crippen MR) is 145 cm³/mol. The third-order valence-corrected chi connectivity index (χ3v) is 7.70. The third-order valence-electron chi connectivity index (χ3n) is 7.70. The highest BCUT2D eigenvalue weighted by atomic mass is 16.2. The highest BCUT2D eigenvalue weighted by molar-refractivity contribution is 6.15. The van der Waals surface area contributed by atoms with E-state index in [1.54, 1.807) is 0 Å². The number of anilines is 1. The van der Waals surface area contributed by atoms with Gasteiger partial charge in [0, 0.05) is 23.1 Å². The minimum absolute atomic E-state index is 0.211. The molecule has 1 aliphatic carbocycles. The Balaban J connectivity index is 2.14. The Kier molecular flexibility index (Phi) is 8.31. The van der Waals surface area contributed by atoms with Gasteiger partial charge in [-0.15, -0.1) is 0 Å². The first-order valence-electron chi connectivity index (χ1n) is 13.5. The van der Waals surface area contributed by atoms with Crippen LogP contribution in [0.25, 0.3) is 0 Å². The van der Waals surface area contributed by atoms with Crippen molar-refractivity contribution in [3.05, 3.63) is 29.8 Å². The minimum Gasteiger partial charge on any atom is -0.369 e. The van der Waals surface area contributed by atoms with Gasteiger partial charge in [0.1, 0.15) is 0 Å². The van der Waals surface area contributed by atoms with Gasteiger partial charge in [-0.1, -0.05) is 79.0 Å². The SMILES string of the molecule is CCCCC1(NC(=O)C2(C(CC(C)C)C(N)=O)CCCC2)N=C(C(C)(C)C)c2ccccc2NC1=O. The highest BCUT2D eigenvalue weighted by Gasteiger charge is 2.53. The normalized spacial score (nSPS) is 22.3. The van der Waals surface area contributed by atoms with Crippen LogP contribution in [-0.4, -0.2) is 29.1 Å². The summed E-state index contributed by atoms with van der Waals surface area (Å²) < 4.78 is 0. The zero-order chi connectivity index (χ0) is 26.7. The summed E-state index contributed by atoms with van der Waals surface area (Å²) in [7, 11) is 0. The number of para-hydroxylation sites is 1. The first-order chi connectivity index (χ1) is 16.9. The summed E-state index contributed by atoms with van der Waals surface area (Å²) in [5.41, 5.74) is 5.45. The zero-order valence-electron chi connectivity index (χ0n) is 22.9. The molecule has 1 saturated carbocycles. The maximum Gasteiger partial charge on any atom is 0.272 e. The van der Waals surface area contributed by atoms with Gasteiger partial charge in [0.25, 0.3) is 5.91 Å². The van der Waals surface area contributed by atoms with E-state index in [9.17, 15) is 14.4 Å². The average Bonchev–Trinajstić information content (AvgIpc) is 3.25. The van der Waals surface area contributed by atoms with Crippen molar-refractivity contribution in [1.29, 1.82) is 0 Å². The smallest absolute Gasteiger partial charge is 0.272 e. The van der Waals surface area contributed by atoms with Crippen molar-refractivity contribution in [2.75, 3.05) is 5.32 Å². The number of primary amides is 1. The van der Waals surface area contributed by atoms with Gasteiger partial charge in [0.05, 0.1) is 17.0 Å². The Morgan fingerprint density at radius 3 is 2.36 bits per heavy atom. The first-order valence-corrected chi connectivity index (χ1v) is 13.5. The van der Waals surface area contributed by atoms with Crippen molar-refractivity contribution < 1.29 is 14.4 Å². The lowest BCUT2D eigenvalue weighted by atomic mass is 9.69. The van der Waals surface area contributed by atoms with E-state index >= 15 is 0 Å². The minimum atomic E-state index is -1.47. The number of hydrogen-bond acceptors (Lipinski definition) is 4. The number of nitrogens with two attached hydrogens (primary N) is 1. The fourth-order valence-corrected chi connectivity index (χ4v) is 5.78. The zero-order valence-corrected chi connectivity index (χ0v) is 22.9. The second-order valence-corrected chi connectivity index (χ2v) is 12.1. The van der Waals surface area contributed by atoms with Crippen molar-refractivity contribution >= 4 is 29.1 Å². The van der Waals surface area contributed by atoms with Crippen molar-refractivity contribution in [3.63, 3.8) is 0 Å². The molecule has 1 aliphatic heterocycles. The Hall–Kier alpha value is -2.70. The van der Waals surface area contributed by atoms with Gasteiger partial charge in [-0.2, -0.15) is 0 Å². The molecular weight excluding hydrogens is 452 g/mol.